The number of nitrogens with zero attached hydrogens (tertiary/aromatic N) is 3. The van der Waals surface area contributed by atoms with E-state index in [1.807, 2.05) is 47.0 Å². The first-order chi connectivity index (χ1) is 10.3. The lowest BCUT2D eigenvalue weighted by Crippen LogP contribution is -3.00. The summed E-state index contributed by atoms with van der Waals surface area (Å²) in [5.41, 5.74) is 2.15. The Morgan fingerprint density at radius 2 is 2.14 bits per heavy atom. The van der Waals surface area contributed by atoms with Gasteiger partial charge in [0.1, 0.15) is 17.8 Å². The largest absolute Gasteiger partial charge is 1.00 e. The fraction of sp³-hybridized carbons (Fsp3) is 0.267. The lowest BCUT2D eigenvalue weighted by Gasteiger charge is -2.00. The van der Waals surface area contributed by atoms with E-state index in [0.717, 1.165) is 28.5 Å². The third-order valence-electron chi connectivity index (χ3n) is 3.06. The molecule has 0 atom stereocenters. The van der Waals surface area contributed by atoms with Crippen LogP contribution in [-0.4, -0.2) is 14.5 Å². The summed E-state index contributed by atoms with van der Waals surface area (Å²) < 4.78 is 10.9. The Bertz CT molecular complexity index is 698. The summed E-state index contributed by atoms with van der Waals surface area (Å²) in [5.74, 6) is 1.08. The van der Waals surface area contributed by atoms with Gasteiger partial charge in [0.25, 0.3) is 0 Å². The van der Waals surface area contributed by atoms with Crippen LogP contribution in [0.4, 0.5) is 0 Å². The average molecular weight is 461 g/mol. The Hall–Kier alpha value is -0.510. The van der Waals surface area contributed by atoms with Crippen molar-refractivity contribution in [3.8, 4) is 11.3 Å². The highest BCUT2D eigenvalue weighted by Crippen LogP contribution is 2.29. The van der Waals surface area contributed by atoms with Crippen molar-refractivity contribution in [2.24, 2.45) is 7.05 Å². The first-order valence-electron chi connectivity index (χ1n) is 6.76. The maximum atomic E-state index is 4.45. The number of rotatable bonds is 6. The van der Waals surface area contributed by atoms with E-state index in [2.05, 4.69) is 38.5 Å². The second-order valence-electron chi connectivity index (χ2n) is 4.71. The molecule has 0 fully saturated rings. The van der Waals surface area contributed by atoms with Crippen molar-refractivity contribution in [3.63, 3.8) is 0 Å². The molecule has 0 aliphatic carbocycles. The Labute approximate surface area is 160 Å². The van der Waals surface area contributed by atoms with Crippen molar-refractivity contribution < 1.29 is 28.5 Å². The van der Waals surface area contributed by atoms with Crippen molar-refractivity contribution in [2.75, 3.05) is 5.75 Å². The molecule has 0 unspecified atom stereocenters. The first-order valence-corrected chi connectivity index (χ1v) is 9.36. The van der Waals surface area contributed by atoms with Gasteiger partial charge in [0.2, 0.25) is 0 Å². The van der Waals surface area contributed by atoms with Crippen molar-refractivity contribution in [1.82, 2.24) is 8.75 Å². The Morgan fingerprint density at radius 1 is 1.23 bits per heavy atom. The molecule has 3 rings (SSSR count). The van der Waals surface area contributed by atoms with Gasteiger partial charge in [-0.2, -0.15) is 8.75 Å². The first kappa shape index (κ1) is 17.8. The zero-order valence-electron chi connectivity index (χ0n) is 12.1. The maximum absolute atomic E-state index is 4.45. The predicted molar refractivity (Wildman–Crippen MR) is 89.9 cm³/mol. The highest BCUT2D eigenvalue weighted by atomic mass is 127. The van der Waals surface area contributed by atoms with Gasteiger partial charge in [-0.05, 0) is 36.1 Å². The van der Waals surface area contributed by atoms with Crippen LogP contribution in [-0.2, 0) is 13.5 Å². The number of hydrogen-bond acceptors (Lipinski definition) is 5. The van der Waals surface area contributed by atoms with Gasteiger partial charge in [-0.3, -0.25) is 0 Å². The van der Waals surface area contributed by atoms with Crippen LogP contribution in [0.3, 0.4) is 0 Å². The van der Waals surface area contributed by atoms with E-state index in [9.17, 15) is 0 Å². The highest BCUT2D eigenvalue weighted by Gasteiger charge is 2.13. The van der Waals surface area contributed by atoms with Gasteiger partial charge >= 0.3 is 0 Å². The third-order valence-corrected chi connectivity index (χ3v) is 5.69. The Morgan fingerprint density at radius 3 is 2.91 bits per heavy atom. The molecule has 3 aromatic heterocycles. The second-order valence-corrected chi connectivity index (χ2v) is 7.35. The summed E-state index contributed by atoms with van der Waals surface area (Å²) in [6.45, 7) is 0. The van der Waals surface area contributed by atoms with Gasteiger partial charge < -0.3 is 24.0 Å². The normalized spacial score (nSPS) is 10.4. The molecule has 0 amide bonds. The number of pyridine rings is 1. The standard InChI is InChI=1S/C15H16N3S3.HI/c1-18-8-2-5-12(11-18)14-15(17-21-16-14)20-10-4-7-13-6-3-9-19-13;/h2-3,5-6,8-9,11H,4,7,10H2,1H3;1H/q+1;/p-1. The number of aryl methyl sites for hydroxylation is 2. The minimum absolute atomic E-state index is 0. The van der Waals surface area contributed by atoms with Crippen molar-refractivity contribution in [1.29, 1.82) is 0 Å². The van der Waals surface area contributed by atoms with E-state index < -0.39 is 0 Å². The van der Waals surface area contributed by atoms with Gasteiger partial charge in [-0.25, -0.2) is 4.57 Å². The minimum atomic E-state index is 0. The van der Waals surface area contributed by atoms with Crippen molar-refractivity contribution in [2.45, 2.75) is 17.9 Å². The number of halogens is 1. The summed E-state index contributed by atoms with van der Waals surface area (Å²) in [4.78, 5) is 1.46. The number of thioether (sulfide) groups is 1. The third kappa shape index (κ3) is 4.74. The molecule has 116 valence electrons. The van der Waals surface area contributed by atoms with Gasteiger partial charge in [0.05, 0.1) is 17.3 Å². The molecule has 7 heteroatoms. The lowest BCUT2D eigenvalue weighted by molar-refractivity contribution is -0.671. The van der Waals surface area contributed by atoms with Crippen LogP contribution in [0.5, 0.6) is 0 Å². The van der Waals surface area contributed by atoms with Crippen LogP contribution in [0.1, 0.15) is 11.3 Å². The zero-order valence-corrected chi connectivity index (χ0v) is 16.7. The lowest BCUT2D eigenvalue weighted by atomic mass is 10.2. The number of aromatic nitrogens is 3. The molecule has 0 aromatic carbocycles. The van der Waals surface area contributed by atoms with Crippen LogP contribution in [0.2, 0.25) is 0 Å². The molecule has 0 saturated heterocycles. The van der Waals surface area contributed by atoms with Gasteiger partial charge in [0.15, 0.2) is 12.4 Å². The van der Waals surface area contributed by atoms with Crippen molar-refractivity contribution >= 4 is 34.8 Å². The van der Waals surface area contributed by atoms with Crippen LogP contribution >= 0.6 is 34.8 Å². The Balaban J connectivity index is 0.00000176. The van der Waals surface area contributed by atoms with Gasteiger partial charge in [0, 0.05) is 10.9 Å². The van der Waals surface area contributed by atoms with Crippen LogP contribution < -0.4 is 28.5 Å². The second kappa shape index (κ2) is 8.95. The van der Waals surface area contributed by atoms with E-state index in [-0.39, 0.29) is 24.0 Å². The molecule has 3 nitrogen and oxygen atoms in total. The van der Waals surface area contributed by atoms with Gasteiger partial charge in [-0.15, -0.1) is 23.1 Å². The monoisotopic (exact) mass is 461 g/mol. The van der Waals surface area contributed by atoms with Crippen LogP contribution in [0.25, 0.3) is 11.3 Å². The summed E-state index contributed by atoms with van der Waals surface area (Å²) in [7, 11) is 2.02. The summed E-state index contributed by atoms with van der Waals surface area (Å²) in [5, 5.41) is 3.19. The molecule has 0 bridgehead atoms. The molecule has 3 heterocycles. The quantitative estimate of drug-likeness (QED) is 0.236. The molecule has 0 spiro atoms. The fourth-order valence-electron chi connectivity index (χ4n) is 2.05. The van der Waals surface area contributed by atoms with Crippen molar-refractivity contribution in [3.05, 3.63) is 46.9 Å². The molecule has 0 saturated carbocycles. The molecule has 0 aliphatic heterocycles. The van der Waals surface area contributed by atoms with Crippen LogP contribution in [0.15, 0.2) is 47.1 Å². The summed E-state index contributed by atoms with van der Waals surface area (Å²) in [6, 6.07) is 8.45. The average Bonchev–Trinajstić information content (AvgIpc) is 3.15. The van der Waals surface area contributed by atoms with E-state index in [0.29, 0.717) is 0 Å². The van der Waals surface area contributed by atoms with Crippen LogP contribution in [0, 0.1) is 0 Å². The van der Waals surface area contributed by atoms with E-state index >= 15 is 0 Å². The number of thiophene rings is 1. The maximum Gasteiger partial charge on any atom is 0.178 e. The Kier molecular flexibility index (Phi) is 7.26. The molecule has 22 heavy (non-hydrogen) atoms. The summed E-state index contributed by atoms with van der Waals surface area (Å²) >= 11 is 4.94. The molecule has 3 aromatic rings. The SMILES string of the molecule is C[n+]1cccc(-c2nsnc2SCCCc2cccs2)c1.[I-]. The molecule has 0 N–H and O–H groups in total. The molecule has 0 radical (unpaired) electrons. The van der Waals surface area contributed by atoms with E-state index in [1.54, 1.807) is 0 Å². The smallest absolute Gasteiger partial charge is 0.178 e. The zero-order chi connectivity index (χ0) is 14.5. The topological polar surface area (TPSA) is 29.7 Å². The minimum Gasteiger partial charge on any atom is -1.00 e. The van der Waals surface area contributed by atoms with Gasteiger partial charge in [-0.1, -0.05) is 6.07 Å². The number of hydrogen-bond donors (Lipinski definition) is 0. The molecular formula is C15H16IN3S3. The highest BCUT2D eigenvalue weighted by molar-refractivity contribution is 7.99. The molecular weight excluding hydrogens is 445 g/mol. The molecule has 0 aliphatic rings. The predicted octanol–water partition coefficient (Wildman–Crippen LogP) is 0.820. The van der Waals surface area contributed by atoms with E-state index in [1.165, 1.54) is 23.0 Å². The van der Waals surface area contributed by atoms with E-state index in [4.69, 9.17) is 0 Å². The fourth-order valence-corrected chi connectivity index (χ4v) is 4.43. The summed E-state index contributed by atoms with van der Waals surface area (Å²) in [6.07, 6.45) is 6.44.